The summed E-state index contributed by atoms with van der Waals surface area (Å²) in [5.41, 5.74) is 2.81. The summed E-state index contributed by atoms with van der Waals surface area (Å²) in [5.74, 6) is 1.15. The molecule has 5 rings (SSSR count). The number of fused-ring (bicyclic) bond motifs is 1. The van der Waals surface area contributed by atoms with E-state index in [1.54, 1.807) is 16.2 Å². The second kappa shape index (κ2) is 10.5. The van der Waals surface area contributed by atoms with Gasteiger partial charge in [-0.2, -0.15) is 0 Å². The smallest absolute Gasteiger partial charge is 0.247 e. The summed E-state index contributed by atoms with van der Waals surface area (Å²) in [7, 11) is 0. The maximum Gasteiger partial charge on any atom is 0.247 e. The van der Waals surface area contributed by atoms with Crippen molar-refractivity contribution in [2.45, 2.75) is 57.7 Å². The minimum absolute atomic E-state index is 0.0859. The van der Waals surface area contributed by atoms with Crippen molar-refractivity contribution in [1.29, 1.82) is 0 Å². The van der Waals surface area contributed by atoms with Crippen molar-refractivity contribution in [2.75, 3.05) is 6.79 Å². The highest BCUT2D eigenvalue weighted by Gasteiger charge is 2.33. The molecule has 3 aromatic rings. The zero-order chi connectivity index (χ0) is 24.2. The van der Waals surface area contributed by atoms with E-state index >= 15 is 0 Å². The SMILES string of the molecule is Cc1ccc([C@@H](C(=O)NC2CCCC2)N(Cc2ccc3c(c2)OCO3)C(=O)Cc2cccs2)cc1. The van der Waals surface area contributed by atoms with E-state index in [0.29, 0.717) is 11.5 Å². The van der Waals surface area contributed by atoms with E-state index in [9.17, 15) is 9.59 Å². The van der Waals surface area contributed by atoms with Crippen LogP contribution in [0.15, 0.2) is 60.0 Å². The van der Waals surface area contributed by atoms with Crippen molar-refractivity contribution in [3.63, 3.8) is 0 Å². The summed E-state index contributed by atoms with van der Waals surface area (Å²) in [4.78, 5) is 30.2. The number of thiophene rings is 1. The number of amides is 2. The monoisotopic (exact) mass is 490 g/mol. The number of benzene rings is 2. The maximum absolute atomic E-state index is 13.8. The van der Waals surface area contributed by atoms with Crippen molar-refractivity contribution in [1.82, 2.24) is 10.2 Å². The molecule has 1 saturated carbocycles. The lowest BCUT2D eigenvalue weighted by atomic mass is 10.0. The number of rotatable bonds is 8. The number of hydrogen-bond donors (Lipinski definition) is 1. The van der Waals surface area contributed by atoms with Crippen molar-refractivity contribution < 1.29 is 19.1 Å². The first-order valence-electron chi connectivity index (χ1n) is 12.1. The normalized spacial score (nSPS) is 15.7. The van der Waals surface area contributed by atoms with E-state index in [-0.39, 0.29) is 37.6 Å². The Bertz CT molecular complexity index is 1170. The molecule has 0 bridgehead atoms. The molecule has 7 heteroatoms. The van der Waals surface area contributed by atoms with Crippen LogP contribution in [-0.4, -0.2) is 29.5 Å². The fraction of sp³-hybridized carbons (Fsp3) is 0.357. The number of nitrogens with zero attached hydrogens (tertiary/aromatic N) is 1. The Morgan fingerprint density at radius 3 is 2.57 bits per heavy atom. The average molecular weight is 491 g/mol. The molecule has 6 nitrogen and oxygen atoms in total. The minimum atomic E-state index is -0.728. The summed E-state index contributed by atoms with van der Waals surface area (Å²) in [6, 6.07) is 16.9. The zero-order valence-electron chi connectivity index (χ0n) is 19.9. The molecule has 35 heavy (non-hydrogen) atoms. The third kappa shape index (κ3) is 5.51. The highest BCUT2D eigenvalue weighted by atomic mass is 32.1. The first-order valence-corrected chi connectivity index (χ1v) is 13.0. The third-order valence-corrected chi connectivity index (χ3v) is 7.55. The van der Waals surface area contributed by atoms with Gasteiger partial charge >= 0.3 is 0 Å². The lowest BCUT2D eigenvalue weighted by molar-refractivity contribution is -0.141. The maximum atomic E-state index is 13.8. The van der Waals surface area contributed by atoms with Gasteiger partial charge in [0.25, 0.3) is 0 Å². The molecule has 1 aliphatic carbocycles. The summed E-state index contributed by atoms with van der Waals surface area (Å²) >= 11 is 1.55. The van der Waals surface area contributed by atoms with Crippen LogP contribution in [0.1, 0.15) is 53.3 Å². The molecule has 2 heterocycles. The van der Waals surface area contributed by atoms with E-state index in [4.69, 9.17) is 9.47 Å². The first-order chi connectivity index (χ1) is 17.1. The van der Waals surface area contributed by atoms with Crippen LogP contribution >= 0.6 is 11.3 Å². The molecule has 1 N–H and O–H groups in total. The van der Waals surface area contributed by atoms with Crippen LogP contribution in [0.5, 0.6) is 11.5 Å². The molecule has 2 aromatic carbocycles. The lowest BCUT2D eigenvalue weighted by Gasteiger charge is -2.32. The number of carbonyl (C=O) groups is 2. The number of carbonyl (C=O) groups excluding carboxylic acids is 2. The zero-order valence-corrected chi connectivity index (χ0v) is 20.7. The molecule has 1 atom stereocenters. The molecule has 0 radical (unpaired) electrons. The second-order valence-electron chi connectivity index (χ2n) is 9.27. The fourth-order valence-electron chi connectivity index (χ4n) is 4.80. The third-order valence-electron chi connectivity index (χ3n) is 6.67. The summed E-state index contributed by atoms with van der Waals surface area (Å²) in [6.45, 7) is 2.50. The molecule has 1 aliphatic heterocycles. The molecule has 2 aliphatic rings. The molecular formula is C28H30N2O4S. The van der Waals surface area contributed by atoms with Crippen LogP contribution in [0.3, 0.4) is 0 Å². The number of ether oxygens (including phenoxy) is 2. The van der Waals surface area contributed by atoms with Gasteiger partial charge in [0.2, 0.25) is 18.6 Å². The highest BCUT2D eigenvalue weighted by Crippen LogP contribution is 2.34. The number of hydrogen-bond acceptors (Lipinski definition) is 5. The van der Waals surface area contributed by atoms with Crippen LogP contribution in [0.25, 0.3) is 0 Å². The molecule has 2 amide bonds. The molecule has 182 valence electrons. The Balaban J connectivity index is 1.50. The number of nitrogens with one attached hydrogen (secondary N) is 1. The van der Waals surface area contributed by atoms with E-state index in [2.05, 4.69) is 5.32 Å². The van der Waals surface area contributed by atoms with Gasteiger partial charge in [-0.25, -0.2) is 0 Å². The van der Waals surface area contributed by atoms with Gasteiger partial charge in [0, 0.05) is 17.5 Å². The van der Waals surface area contributed by atoms with Crippen LogP contribution < -0.4 is 14.8 Å². The Morgan fingerprint density at radius 1 is 1.06 bits per heavy atom. The summed E-state index contributed by atoms with van der Waals surface area (Å²) < 4.78 is 11.0. The standard InChI is InChI=1S/C28H30N2O4S/c1-19-8-11-21(12-9-19)27(28(32)29-22-5-2-3-6-22)30(26(31)16-23-7-4-14-35-23)17-20-10-13-24-25(15-20)34-18-33-24/h4,7-15,22,27H,2-3,5-6,16-18H2,1H3,(H,29,32)/t27-/m0/s1. The van der Waals surface area contributed by atoms with E-state index in [1.165, 1.54) is 0 Å². The Morgan fingerprint density at radius 2 is 1.83 bits per heavy atom. The van der Waals surface area contributed by atoms with Crippen molar-refractivity contribution in [2.24, 2.45) is 0 Å². The van der Waals surface area contributed by atoms with Crippen LogP contribution in [0, 0.1) is 6.92 Å². The lowest BCUT2D eigenvalue weighted by Crippen LogP contribution is -2.46. The van der Waals surface area contributed by atoms with E-state index in [1.807, 2.05) is 66.9 Å². The summed E-state index contributed by atoms with van der Waals surface area (Å²) in [6.07, 6.45) is 4.47. The number of aryl methyl sites for hydroxylation is 1. The topological polar surface area (TPSA) is 67.9 Å². The molecule has 1 aromatic heterocycles. The highest BCUT2D eigenvalue weighted by molar-refractivity contribution is 7.10. The van der Waals surface area contributed by atoms with E-state index in [0.717, 1.165) is 47.3 Å². The van der Waals surface area contributed by atoms with Crippen molar-refractivity contribution in [3.05, 3.63) is 81.5 Å². The first kappa shape index (κ1) is 23.4. The van der Waals surface area contributed by atoms with Gasteiger partial charge in [-0.15, -0.1) is 11.3 Å². The molecule has 0 spiro atoms. The quantitative estimate of drug-likeness (QED) is 0.474. The van der Waals surface area contributed by atoms with Gasteiger partial charge in [0.1, 0.15) is 6.04 Å². The largest absolute Gasteiger partial charge is 0.454 e. The van der Waals surface area contributed by atoms with Crippen molar-refractivity contribution >= 4 is 23.2 Å². The second-order valence-corrected chi connectivity index (χ2v) is 10.3. The molecule has 0 saturated heterocycles. The van der Waals surface area contributed by atoms with Gasteiger partial charge < -0.3 is 19.7 Å². The predicted octanol–water partition coefficient (Wildman–Crippen LogP) is 5.16. The minimum Gasteiger partial charge on any atom is -0.454 e. The van der Waals surface area contributed by atoms with Crippen molar-refractivity contribution in [3.8, 4) is 11.5 Å². The van der Waals surface area contributed by atoms with Gasteiger partial charge in [0.15, 0.2) is 11.5 Å². The fourth-order valence-corrected chi connectivity index (χ4v) is 5.49. The van der Waals surface area contributed by atoms with Crippen LogP contribution in [0.2, 0.25) is 0 Å². The van der Waals surface area contributed by atoms with E-state index < -0.39 is 6.04 Å². The average Bonchev–Trinajstić information content (AvgIpc) is 3.63. The Labute approximate surface area is 209 Å². The molecule has 0 unspecified atom stereocenters. The Hall–Kier alpha value is -3.32. The predicted molar refractivity (Wildman–Crippen MR) is 135 cm³/mol. The van der Waals surface area contributed by atoms with Gasteiger partial charge in [-0.3, -0.25) is 9.59 Å². The Kier molecular flexibility index (Phi) is 7.04. The molecular weight excluding hydrogens is 460 g/mol. The van der Waals surface area contributed by atoms with Crippen LogP contribution in [0.4, 0.5) is 0 Å². The van der Waals surface area contributed by atoms with Gasteiger partial charge in [-0.1, -0.05) is 54.8 Å². The van der Waals surface area contributed by atoms with Gasteiger partial charge in [0.05, 0.1) is 6.42 Å². The summed E-state index contributed by atoms with van der Waals surface area (Å²) in [5, 5.41) is 5.21. The van der Waals surface area contributed by atoms with Gasteiger partial charge in [-0.05, 0) is 54.5 Å². The van der Waals surface area contributed by atoms with Crippen LogP contribution in [-0.2, 0) is 22.6 Å². The molecule has 1 fully saturated rings.